The first-order chi connectivity index (χ1) is 14.8. The molecule has 0 bridgehead atoms. The lowest BCUT2D eigenvalue weighted by atomic mass is 9.95. The van der Waals surface area contributed by atoms with E-state index in [2.05, 4.69) is 34.5 Å². The summed E-state index contributed by atoms with van der Waals surface area (Å²) in [5, 5.41) is 3.04. The molecule has 3 rings (SSSR count). The van der Waals surface area contributed by atoms with Gasteiger partial charge in [-0.1, -0.05) is 51.1 Å². The van der Waals surface area contributed by atoms with Gasteiger partial charge in [-0.15, -0.1) is 0 Å². The van der Waals surface area contributed by atoms with Gasteiger partial charge in [0.15, 0.2) is 0 Å². The van der Waals surface area contributed by atoms with Crippen LogP contribution in [-0.4, -0.2) is 44.7 Å². The zero-order valence-corrected chi connectivity index (χ0v) is 19.0. The topological polar surface area (TPSA) is 63.1 Å². The Morgan fingerprint density at radius 1 is 1.06 bits per heavy atom. The standard InChI is InChI=1S/C25H33N3O3/c1-5-31-23(29)20-11-12-22(21(17-20)26-24(30)25(2,3)4)28-15-13-27(14-16-28)18-19-9-7-6-8-10-19/h6-12,17H,5,13-16,18H2,1-4H3,(H,26,30)/p+1. The summed E-state index contributed by atoms with van der Waals surface area (Å²) in [6, 6.07) is 16.0. The van der Waals surface area contributed by atoms with Crippen LogP contribution in [0.5, 0.6) is 0 Å². The number of hydrogen-bond acceptors (Lipinski definition) is 4. The molecule has 0 saturated carbocycles. The molecule has 6 nitrogen and oxygen atoms in total. The second kappa shape index (κ2) is 9.96. The van der Waals surface area contributed by atoms with Crippen LogP contribution < -0.4 is 15.1 Å². The summed E-state index contributed by atoms with van der Waals surface area (Å²) in [6.07, 6.45) is 0. The highest BCUT2D eigenvalue weighted by Crippen LogP contribution is 2.29. The summed E-state index contributed by atoms with van der Waals surface area (Å²) < 4.78 is 5.14. The summed E-state index contributed by atoms with van der Waals surface area (Å²) in [5.74, 6) is -0.458. The summed E-state index contributed by atoms with van der Waals surface area (Å²) in [4.78, 5) is 28.8. The number of rotatable bonds is 6. The van der Waals surface area contributed by atoms with Crippen LogP contribution in [0.25, 0.3) is 0 Å². The molecule has 0 aliphatic carbocycles. The number of ether oxygens (including phenoxy) is 1. The Bertz CT molecular complexity index is 898. The molecule has 0 atom stereocenters. The van der Waals surface area contributed by atoms with Crippen molar-refractivity contribution >= 4 is 23.3 Å². The highest BCUT2D eigenvalue weighted by molar-refractivity contribution is 6.00. The maximum absolute atomic E-state index is 12.7. The summed E-state index contributed by atoms with van der Waals surface area (Å²) in [7, 11) is 0. The number of anilines is 2. The van der Waals surface area contributed by atoms with Crippen LogP contribution in [0.2, 0.25) is 0 Å². The smallest absolute Gasteiger partial charge is 0.338 e. The van der Waals surface area contributed by atoms with Crippen molar-refractivity contribution in [3.63, 3.8) is 0 Å². The number of benzene rings is 2. The van der Waals surface area contributed by atoms with Gasteiger partial charge < -0.3 is 19.9 Å². The lowest BCUT2D eigenvalue weighted by molar-refractivity contribution is -0.914. The first-order valence-corrected chi connectivity index (χ1v) is 11.0. The number of carbonyl (C=O) groups is 2. The third-order valence-electron chi connectivity index (χ3n) is 5.55. The van der Waals surface area contributed by atoms with Crippen LogP contribution in [0.1, 0.15) is 43.6 Å². The zero-order valence-electron chi connectivity index (χ0n) is 19.0. The number of piperazine rings is 1. The lowest BCUT2D eigenvalue weighted by Gasteiger charge is -2.35. The minimum Gasteiger partial charge on any atom is -0.462 e. The molecule has 2 aromatic rings. The van der Waals surface area contributed by atoms with Crippen molar-refractivity contribution in [3.8, 4) is 0 Å². The fourth-order valence-corrected chi connectivity index (χ4v) is 3.69. The molecule has 2 aromatic carbocycles. The number of esters is 1. The summed E-state index contributed by atoms with van der Waals surface area (Å²) in [6.45, 7) is 12.6. The highest BCUT2D eigenvalue weighted by atomic mass is 16.5. The summed E-state index contributed by atoms with van der Waals surface area (Å²) >= 11 is 0. The zero-order chi connectivity index (χ0) is 22.4. The van der Waals surface area contributed by atoms with Crippen LogP contribution in [0.3, 0.4) is 0 Å². The number of amides is 1. The molecule has 1 heterocycles. The second-order valence-electron chi connectivity index (χ2n) is 9.06. The molecule has 31 heavy (non-hydrogen) atoms. The Morgan fingerprint density at radius 3 is 2.35 bits per heavy atom. The molecule has 0 spiro atoms. The largest absolute Gasteiger partial charge is 0.462 e. The molecule has 166 valence electrons. The maximum atomic E-state index is 12.7. The molecule has 6 heteroatoms. The van der Waals surface area contributed by atoms with Crippen molar-refractivity contribution in [2.75, 3.05) is 43.0 Å². The van der Waals surface area contributed by atoms with Gasteiger partial charge in [-0.25, -0.2) is 4.79 Å². The maximum Gasteiger partial charge on any atom is 0.338 e. The van der Waals surface area contributed by atoms with Crippen molar-refractivity contribution in [3.05, 3.63) is 59.7 Å². The predicted molar refractivity (Wildman–Crippen MR) is 124 cm³/mol. The first-order valence-electron chi connectivity index (χ1n) is 11.0. The Kier molecular flexibility index (Phi) is 7.33. The van der Waals surface area contributed by atoms with Gasteiger partial charge in [0.1, 0.15) is 6.54 Å². The van der Waals surface area contributed by atoms with Crippen LogP contribution in [0.15, 0.2) is 48.5 Å². The van der Waals surface area contributed by atoms with Crippen molar-refractivity contribution in [1.29, 1.82) is 0 Å². The predicted octanol–water partition coefficient (Wildman–Crippen LogP) is 2.75. The molecule has 0 unspecified atom stereocenters. The fourth-order valence-electron chi connectivity index (χ4n) is 3.69. The van der Waals surface area contributed by atoms with E-state index in [0.717, 1.165) is 38.4 Å². The minimum atomic E-state index is -0.532. The van der Waals surface area contributed by atoms with E-state index in [1.54, 1.807) is 24.0 Å². The van der Waals surface area contributed by atoms with E-state index in [1.807, 2.05) is 32.9 Å². The number of nitrogens with one attached hydrogen (secondary N) is 2. The van der Waals surface area contributed by atoms with Gasteiger partial charge in [0.25, 0.3) is 0 Å². The molecule has 1 aliphatic rings. The fraction of sp³-hybridized carbons (Fsp3) is 0.440. The van der Waals surface area contributed by atoms with E-state index in [-0.39, 0.29) is 11.9 Å². The first kappa shape index (κ1) is 22.8. The van der Waals surface area contributed by atoms with E-state index >= 15 is 0 Å². The lowest BCUT2D eigenvalue weighted by Crippen LogP contribution is -3.13. The minimum absolute atomic E-state index is 0.0805. The molecule has 1 saturated heterocycles. The molecule has 2 N–H and O–H groups in total. The van der Waals surface area contributed by atoms with Gasteiger partial charge in [-0.05, 0) is 25.1 Å². The Morgan fingerprint density at radius 2 is 1.74 bits per heavy atom. The van der Waals surface area contributed by atoms with Crippen molar-refractivity contribution < 1.29 is 19.2 Å². The monoisotopic (exact) mass is 424 g/mol. The number of hydrogen-bond donors (Lipinski definition) is 2. The normalized spacial score (nSPS) is 14.9. The van der Waals surface area contributed by atoms with Crippen LogP contribution in [-0.2, 0) is 16.1 Å². The molecule has 0 radical (unpaired) electrons. The van der Waals surface area contributed by atoms with Crippen LogP contribution >= 0.6 is 0 Å². The molecule has 1 fully saturated rings. The van der Waals surface area contributed by atoms with Gasteiger partial charge in [-0.2, -0.15) is 0 Å². The van der Waals surface area contributed by atoms with Gasteiger partial charge in [0.05, 0.1) is 49.7 Å². The van der Waals surface area contributed by atoms with E-state index in [0.29, 0.717) is 17.9 Å². The van der Waals surface area contributed by atoms with Crippen molar-refractivity contribution in [2.24, 2.45) is 5.41 Å². The molecular weight excluding hydrogens is 390 g/mol. The Hall–Kier alpha value is -2.86. The number of carbonyl (C=O) groups excluding carboxylic acids is 2. The highest BCUT2D eigenvalue weighted by Gasteiger charge is 2.26. The second-order valence-corrected chi connectivity index (χ2v) is 9.06. The Balaban J connectivity index is 1.76. The van der Waals surface area contributed by atoms with Crippen LogP contribution in [0, 0.1) is 5.41 Å². The molecular formula is C25H34N3O3+. The van der Waals surface area contributed by atoms with Crippen LogP contribution in [0.4, 0.5) is 11.4 Å². The number of quaternary nitrogens is 1. The Labute approximate surface area is 185 Å². The van der Waals surface area contributed by atoms with Gasteiger partial charge >= 0.3 is 5.97 Å². The van der Waals surface area contributed by atoms with E-state index in [9.17, 15) is 9.59 Å². The SMILES string of the molecule is CCOC(=O)c1ccc(N2CC[NH+](Cc3ccccc3)CC2)c(NC(=O)C(C)(C)C)c1. The molecule has 1 aliphatic heterocycles. The average molecular weight is 425 g/mol. The molecule has 0 aromatic heterocycles. The average Bonchev–Trinajstić information content (AvgIpc) is 2.74. The van der Waals surface area contributed by atoms with Crippen molar-refractivity contribution in [2.45, 2.75) is 34.2 Å². The van der Waals surface area contributed by atoms with E-state index in [4.69, 9.17) is 4.74 Å². The third kappa shape index (κ3) is 6.07. The molecule has 1 amide bonds. The van der Waals surface area contributed by atoms with Gasteiger partial charge in [0, 0.05) is 11.0 Å². The third-order valence-corrected chi connectivity index (χ3v) is 5.55. The van der Waals surface area contributed by atoms with Gasteiger partial charge in [-0.3, -0.25) is 4.79 Å². The van der Waals surface area contributed by atoms with E-state index in [1.165, 1.54) is 5.56 Å². The number of nitrogens with zero attached hydrogens (tertiary/aromatic N) is 1. The van der Waals surface area contributed by atoms with Crippen molar-refractivity contribution in [1.82, 2.24) is 0 Å². The van der Waals surface area contributed by atoms with E-state index < -0.39 is 5.41 Å². The van der Waals surface area contributed by atoms with Gasteiger partial charge in [0.2, 0.25) is 5.91 Å². The summed E-state index contributed by atoms with van der Waals surface area (Å²) in [5.41, 5.74) is 2.88. The quantitative estimate of drug-likeness (QED) is 0.700.